The molecule has 122 valence electrons. The average Bonchev–Trinajstić information content (AvgIpc) is 2.94. The quantitative estimate of drug-likeness (QED) is 0.863. The summed E-state index contributed by atoms with van der Waals surface area (Å²) in [6.45, 7) is 8.28. The SMILES string of the molecule is CC(C)(C)c1ccc(NC(=O)c2ccc3c(c2)CNC3)cc1.Cl. The zero-order valence-electron chi connectivity index (χ0n) is 13.8. The predicted octanol–water partition coefficient (Wildman–Crippen LogP) is 4.26. The van der Waals surface area contributed by atoms with Gasteiger partial charge in [0.25, 0.3) is 5.91 Å². The van der Waals surface area contributed by atoms with E-state index in [9.17, 15) is 4.79 Å². The van der Waals surface area contributed by atoms with E-state index in [1.54, 1.807) is 0 Å². The molecule has 1 aliphatic heterocycles. The Kier molecular flexibility index (Phi) is 5.12. The summed E-state index contributed by atoms with van der Waals surface area (Å²) in [5, 5.41) is 6.26. The first kappa shape index (κ1) is 17.5. The summed E-state index contributed by atoms with van der Waals surface area (Å²) in [4.78, 5) is 12.4. The number of hydrogen-bond acceptors (Lipinski definition) is 2. The summed E-state index contributed by atoms with van der Waals surface area (Å²) in [5.74, 6) is -0.0572. The van der Waals surface area contributed by atoms with Gasteiger partial charge in [-0.05, 0) is 46.4 Å². The number of hydrogen-bond donors (Lipinski definition) is 2. The van der Waals surface area contributed by atoms with Crippen molar-refractivity contribution >= 4 is 24.0 Å². The number of benzene rings is 2. The molecule has 4 heteroatoms. The minimum Gasteiger partial charge on any atom is -0.322 e. The van der Waals surface area contributed by atoms with E-state index in [0.717, 1.165) is 18.8 Å². The fourth-order valence-corrected chi connectivity index (χ4v) is 2.69. The van der Waals surface area contributed by atoms with E-state index in [2.05, 4.69) is 43.5 Å². The fraction of sp³-hybridized carbons (Fsp3) is 0.316. The van der Waals surface area contributed by atoms with Crippen molar-refractivity contribution in [1.82, 2.24) is 5.32 Å². The molecule has 0 unspecified atom stereocenters. The molecule has 0 fully saturated rings. The highest BCUT2D eigenvalue weighted by molar-refractivity contribution is 6.04. The van der Waals surface area contributed by atoms with Gasteiger partial charge in [-0.3, -0.25) is 4.79 Å². The normalized spacial score (nSPS) is 13.2. The Morgan fingerprint density at radius 1 is 1.00 bits per heavy atom. The van der Waals surface area contributed by atoms with Gasteiger partial charge in [0.2, 0.25) is 0 Å². The van der Waals surface area contributed by atoms with Crippen LogP contribution in [0.3, 0.4) is 0 Å². The predicted molar refractivity (Wildman–Crippen MR) is 97.3 cm³/mol. The standard InChI is InChI=1S/C19H22N2O.ClH/c1-19(2,3)16-6-8-17(9-7-16)21-18(22)13-4-5-14-11-20-12-15(14)10-13;/h4-10,20H,11-12H2,1-3H3,(H,21,22);1H. The lowest BCUT2D eigenvalue weighted by Gasteiger charge is -2.19. The Balaban J connectivity index is 0.00000192. The zero-order valence-corrected chi connectivity index (χ0v) is 14.6. The smallest absolute Gasteiger partial charge is 0.255 e. The van der Waals surface area contributed by atoms with Crippen LogP contribution in [0.5, 0.6) is 0 Å². The molecule has 0 spiro atoms. The highest BCUT2D eigenvalue weighted by atomic mass is 35.5. The van der Waals surface area contributed by atoms with Gasteiger partial charge in [-0.15, -0.1) is 12.4 Å². The highest BCUT2D eigenvalue weighted by Crippen LogP contribution is 2.24. The van der Waals surface area contributed by atoms with Gasteiger partial charge in [-0.25, -0.2) is 0 Å². The molecule has 1 amide bonds. The van der Waals surface area contributed by atoms with Gasteiger partial charge < -0.3 is 10.6 Å². The van der Waals surface area contributed by atoms with Crippen LogP contribution in [0, 0.1) is 0 Å². The van der Waals surface area contributed by atoms with Crippen LogP contribution in [0.15, 0.2) is 42.5 Å². The zero-order chi connectivity index (χ0) is 15.7. The van der Waals surface area contributed by atoms with Gasteiger partial charge in [0.1, 0.15) is 0 Å². The second kappa shape index (κ2) is 6.73. The molecule has 0 aromatic heterocycles. The third kappa shape index (κ3) is 3.92. The number of nitrogens with one attached hydrogen (secondary N) is 2. The largest absolute Gasteiger partial charge is 0.322 e. The number of rotatable bonds is 2. The van der Waals surface area contributed by atoms with Crippen LogP contribution in [0.25, 0.3) is 0 Å². The molecule has 2 aromatic carbocycles. The molecule has 1 heterocycles. The van der Waals surface area contributed by atoms with Gasteiger partial charge in [-0.1, -0.05) is 39.0 Å². The lowest BCUT2D eigenvalue weighted by molar-refractivity contribution is 0.102. The van der Waals surface area contributed by atoms with Gasteiger partial charge in [-0.2, -0.15) is 0 Å². The van der Waals surface area contributed by atoms with Crippen LogP contribution in [-0.4, -0.2) is 5.91 Å². The summed E-state index contributed by atoms with van der Waals surface area (Å²) in [7, 11) is 0. The van der Waals surface area contributed by atoms with Crippen LogP contribution < -0.4 is 10.6 Å². The number of amides is 1. The van der Waals surface area contributed by atoms with Crippen molar-refractivity contribution in [2.45, 2.75) is 39.3 Å². The first-order chi connectivity index (χ1) is 10.4. The highest BCUT2D eigenvalue weighted by Gasteiger charge is 2.15. The molecular formula is C19H23ClN2O. The van der Waals surface area contributed by atoms with Crippen molar-refractivity contribution < 1.29 is 4.79 Å². The van der Waals surface area contributed by atoms with E-state index in [1.165, 1.54) is 16.7 Å². The van der Waals surface area contributed by atoms with E-state index >= 15 is 0 Å². The third-order valence-corrected chi connectivity index (χ3v) is 4.11. The maximum atomic E-state index is 12.4. The average molecular weight is 331 g/mol. The van der Waals surface area contributed by atoms with Crippen molar-refractivity contribution in [1.29, 1.82) is 0 Å². The van der Waals surface area contributed by atoms with E-state index in [1.807, 2.05) is 30.3 Å². The number of carbonyl (C=O) groups is 1. The molecule has 0 saturated heterocycles. The minimum absolute atomic E-state index is 0. The number of anilines is 1. The molecule has 0 saturated carbocycles. The monoisotopic (exact) mass is 330 g/mol. The Morgan fingerprint density at radius 2 is 1.65 bits per heavy atom. The Hall–Kier alpha value is -1.84. The maximum Gasteiger partial charge on any atom is 0.255 e. The van der Waals surface area contributed by atoms with Crippen molar-refractivity contribution in [3.05, 3.63) is 64.7 Å². The van der Waals surface area contributed by atoms with Gasteiger partial charge in [0.05, 0.1) is 0 Å². The summed E-state index contributed by atoms with van der Waals surface area (Å²) >= 11 is 0. The summed E-state index contributed by atoms with van der Waals surface area (Å²) in [5.41, 5.74) is 5.42. The van der Waals surface area contributed by atoms with Crippen LogP contribution in [0.2, 0.25) is 0 Å². The lowest BCUT2D eigenvalue weighted by atomic mass is 9.87. The third-order valence-electron chi connectivity index (χ3n) is 4.11. The van der Waals surface area contributed by atoms with Gasteiger partial charge in [0, 0.05) is 24.3 Å². The van der Waals surface area contributed by atoms with Gasteiger partial charge >= 0.3 is 0 Å². The topological polar surface area (TPSA) is 41.1 Å². The number of fused-ring (bicyclic) bond motifs is 1. The molecule has 2 aromatic rings. The minimum atomic E-state index is -0.0572. The van der Waals surface area contributed by atoms with Crippen molar-refractivity contribution in [2.75, 3.05) is 5.32 Å². The molecule has 3 nitrogen and oxygen atoms in total. The lowest BCUT2D eigenvalue weighted by Crippen LogP contribution is -2.14. The number of carbonyl (C=O) groups excluding carboxylic acids is 1. The Labute approximate surface area is 143 Å². The maximum absolute atomic E-state index is 12.4. The van der Waals surface area contributed by atoms with Crippen molar-refractivity contribution in [3.8, 4) is 0 Å². The van der Waals surface area contributed by atoms with Crippen LogP contribution in [0.4, 0.5) is 5.69 Å². The Morgan fingerprint density at radius 3 is 2.30 bits per heavy atom. The van der Waals surface area contributed by atoms with E-state index in [-0.39, 0.29) is 23.7 Å². The van der Waals surface area contributed by atoms with Gasteiger partial charge in [0.15, 0.2) is 0 Å². The van der Waals surface area contributed by atoms with E-state index < -0.39 is 0 Å². The first-order valence-corrected chi connectivity index (χ1v) is 7.68. The van der Waals surface area contributed by atoms with Crippen LogP contribution >= 0.6 is 12.4 Å². The fourth-order valence-electron chi connectivity index (χ4n) is 2.69. The van der Waals surface area contributed by atoms with Crippen molar-refractivity contribution in [2.24, 2.45) is 0 Å². The molecular weight excluding hydrogens is 308 g/mol. The second-order valence-electron chi connectivity index (χ2n) is 6.87. The molecule has 0 atom stereocenters. The summed E-state index contributed by atoms with van der Waals surface area (Å²) < 4.78 is 0. The molecule has 0 bridgehead atoms. The second-order valence-corrected chi connectivity index (χ2v) is 6.87. The van der Waals surface area contributed by atoms with Crippen molar-refractivity contribution in [3.63, 3.8) is 0 Å². The van der Waals surface area contributed by atoms with E-state index in [0.29, 0.717) is 5.56 Å². The number of halogens is 1. The molecule has 23 heavy (non-hydrogen) atoms. The molecule has 1 aliphatic rings. The molecule has 3 rings (SSSR count). The van der Waals surface area contributed by atoms with Crippen LogP contribution in [0.1, 0.15) is 47.8 Å². The molecule has 2 N–H and O–H groups in total. The molecule has 0 aliphatic carbocycles. The summed E-state index contributed by atoms with van der Waals surface area (Å²) in [6, 6.07) is 14.0. The first-order valence-electron chi connectivity index (χ1n) is 7.68. The van der Waals surface area contributed by atoms with Crippen LogP contribution in [-0.2, 0) is 18.5 Å². The molecule has 0 radical (unpaired) electrons. The Bertz CT molecular complexity index is 702. The summed E-state index contributed by atoms with van der Waals surface area (Å²) in [6.07, 6.45) is 0. The van der Waals surface area contributed by atoms with E-state index in [4.69, 9.17) is 0 Å².